The number of hydrogen-bond donors (Lipinski definition) is 1. The van der Waals surface area contributed by atoms with Crippen LogP contribution in [0.15, 0.2) is 77.7 Å². The van der Waals surface area contributed by atoms with Crippen LogP contribution < -0.4 is 5.32 Å². The average molecular weight is 528 g/mol. The second-order valence-electron chi connectivity index (χ2n) is 10.0. The molecule has 5 rings (SSSR count). The number of amides is 1. The molecule has 1 aliphatic heterocycles. The minimum Gasteiger partial charge on any atom is -0.340 e. The molecule has 0 fully saturated rings. The van der Waals surface area contributed by atoms with Gasteiger partial charge in [-0.15, -0.1) is 0 Å². The van der Waals surface area contributed by atoms with Gasteiger partial charge in [0, 0.05) is 48.7 Å². The fourth-order valence-corrected chi connectivity index (χ4v) is 6.98. The second kappa shape index (κ2) is 10.2. The average Bonchev–Trinajstić information content (AvgIpc) is 3.17. The van der Waals surface area contributed by atoms with E-state index in [0.29, 0.717) is 18.7 Å². The van der Waals surface area contributed by atoms with Gasteiger partial charge in [0.25, 0.3) is 0 Å². The van der Waals surface area contributed by atoms with E-state index in [-0.39, 0.29) is 17.3 Å². The number of rotatable bonds is 6. The minimum atomic E-state index is -3.79. The maximum absolute atomic E-state index is 13.6. The van der Waals surface area contributed by atoms with E-state index in [1.54, 1.807) is 18.2 Å². The topological polar surface area (TPSA) is 71.4 Å². The van der Waals surface area contributed by atoms with E-state index in [4.69, 9.17) is 0 Å². The highest BCUT2D eigenvalue weighted by molar-refractivity contribution is 7.89. The van der Waals surface area contributed by atoms with E-state index in [0.717, 1.165) is 12.1 Å². The molecule has 0 saturated heterocycles. The van der Waals surface area contributed by atoms with Gasteiger partial charge in [-0.2, -0.15) is 4.31 Å². The molecule has 0 unspecified atom stereocenters. The highest BCUT2D eigenvalue weighted by Crippen LogP contribution is 2.36. The molecule has 1 N–H and O–H groups in total. The molecule has 1 amide bonds. The van der Waals surface area contributed by atoms with Gasteiger partial charge in [0.05, 0.1) is 5.69 Å². The maximum Gasteiger partial charge on any atom is 0.245 e. The number of para-hydroxylation sites is 1. The van der Waals surface area contributed by atoms with Crippen molar-refractivity contribution in [3.8, 4) is 0 Å². The van der Waals surface area contributed by atoms with Gasteiger partial charge >= 0.3 is 0 Å². The first-order chi connectivity index (χ1) is 18.2. The van der Waals surface area contributed by atoms with Crippen LogP contribution in [0.4, 0.5) is 5.69 Å². The first-order valence-electron chi connectivity index (χ1n) is 12.9. The molecule has 6 nitrogen and oxygen atoms in total. The molecule has 0 spiro atoms. The summed E-state index contributed by atoms with van der Waals surface area (Å²) in [6.45, 7) is 8.96. The predicted octanol–water partition coefficient (Wildman–Crippen LogP) is 6.05. The molecule has 0 radical (unpaired) electrons. The Labute approximate surface area is 224 Å². The van der Waals surface area contributed by atoms with Crippen molar-refractivity contribution >= 4 is 38.1 Å². The lowest BCUT2D eigenvalue weighted by Gasteiger charge is -2.27. The van der Waals surface area contributed by atoms with Gasteiger partial charge < -0.3 is 9.88 Å². The number of nitrogens with zero attached hydrogens (tertiary/aromatic N) is 2. The first-order valence-corrected chi connectivity index (χ1v) is 14.3. The summed E-state index contributed by atoms with van der Waals surface area (Å²) in [5.74, 6) is -0.302. The summed E-state index contributed by atoms with van der Waals surface area (Å²) in [6, 6.07) is 22.0. The van der Waals surface area contributed by atoms with E-state index in [9.17, 15) is 13.2 Å². The Morgan fingerprint density at radius 3 is 2.42 bits per heavy atom. The number of carbonyl (C=O) groups excluding carboxylic acids is 1. The zero-order valence-electron chi connectivity index (χ0n) is 22.3. The molecule has 1 aliphatic rings. The normalized spacial score (nSPS) is 14.5. The largest absolute Gasteiger partial charge is 0.340 e. The second-order valence-corrected chi connectivity index (χ2v) is 11.9. The van der Waals surface area contributed by atoms with Gasteiger partial charge in [0.2, 0.25) is 15.9 Å². The summed E-state index contributed by atoms with van der Waals surface area (Å²) in [7, 11) is -3.79. The van der Waals surface area contributed by atoms with Gasteiger partial charge in [0.15, 0.2) is 0 Å². The molecule has 38 heavy (non-hydrogen) atoms. The van der Waals surface area contributed by atoms with Crippen molar-refractivity contribution in [2.75, 3.05) is 18.4 Å². The molecule has 2 heterocycles. The van der Waals surface area contributed by atoms with Crippen LogP contribution in [-0.2, 0) is 21.4 Å². The summed E-state index contributed by atoms with van der Waals surface area (Å²) < 4.78 is 31.2. The Bertz CT molecular complexity index is 1680. The van der Waals surface area contributed by atoms with E-state index >= 15 is 0 Å². The monoisotopic (exact) mass is 527 g/mol. The molecule has 3 aromatic carbocycles. The predicted molar refractivity (Wildman–Crippen MR) is 154 cm³/mol. The molecule has 0 aliphatic carbocycles. The summed E-state index contributed by atoms with van der Waals surface area (Å²) >= 11 is 0. The van der Waals surface area contributed by atoms with Gasteiger partial charge in [-0.05, 0) is 67.7 Å². The molecule has 196 valence electrons. The summed E-state index contributed by atoms with van der Waals surface area (Å²) in [4.78, 5) is 11.8. The van der Waals surface area contributed by atoms with Crippen LogP contribution in [0.3, 0.4) is 0 Å². The molecule has 4 aromatic rings. The van der Waals surface area contributed by atoms with Gasteiger partial charge in [-0.1, -0.05) is 54.6 Å². The van der Waals surface area contributed by atoms with Crippen molar-refractivity contribution in [3.63, 3.8) is 0 Å². The minimum absolute atomic E-state index is 0.135. The summed E-state index contributed by atoms with van der Waals surface area (Å²) in [5.41, 5.74) is 8.41. The SMILES string of the molecule is CC(=O)Nc1ccc(C)cc1S(=O)(=O)N1CC=C(c2c(C)n(Cc3ccccc3C)c3ccccc23)CC1. The first kappa shape index (κ1) is 25.9. The van der Waals surface area contributed by atoms with Crippen LogP contribution in [0.5, 0.6) is 0 Å². The Hall–Kier alpha value is -3.68. The lowest BCUT2D eigenvalue weighted by Crippen LogP contribution is -2.35. The smallest absolute Gasteiger partial charge is 0.245 e. The fourth-order valence-electron chi connectivity index (χ4n) is 5.37. The molecular weight excluding hydrogens is 494 g/mol. The molecular formula is C31H33N3O3S. The van der Waals surface area contributed by atoms with Crippen LogP contribution >= 0.6 is 0 Å². The molecule has 0 saturated carbocycles. The summed E-state index contributed by atoms with van der Waals surface area (Å²) in [6.07, 6.45) is 2.65. The van der Waals surface area contributed by atoms with Crippen LogP contribution in [0.25, 0.3) is 16.5 Å². The number of aromatic nitrogens is 1. The third-order valence-electron chi connectivity index (χ3n) is 7.38. The van der Waals surface area contributed by atoms with Gasteiger partial charge in [-0.25, -0.2) is 8.42 Å². The number of carbonyl (C=O) groups is 1. The van der Waals surface area contributed by atoms with E-state index in [2.05, 4.69) is 72.3 Å². The van der Waals surface area contributed by atoms with Crippen molar-refractivity contribution in [1.82, 2.24) is 8.87 Å². The number of hydrogen-bond acceptors (Lipinski definition) is 3. The fraction of sp³-hybridized carbons (Fsp3) is 0.258. The summed E-state index contributed by atoms with van der Waals surface area (Å²) in [5, 5.41) is 3.86. The third-order valence-corrected chi connectivity index (χ3v) is 9.28. The van der Waals surface area contributed by atoms with Crippen LogP contribution in [0, 0.1) is 20.8 Å². The Kier molecular flexibility index (Phi) is 6.99. The van der Waals surface area contributed by atoms with Crippen LogP contribution in [0.1, 0.15) is 41.3 Å². The van der Waals surface area contributed by atoms with Crippen molar-refractivity contribution in [2.24, 2.45) is 0 Å². The van der Waals surface area contributed by atoms with Crippen molar-refractivity contribution < 1.29 is 13.2 Å². The molecule has 0 bridgehead atoms. The number of sulfonamides is 1. The third kappa shape index (κ3) is 4.79. The number of aryl methyl sites for hydroxylation is 2. The maximum atomic E-state index is 13.6. The Balaban J connectivity index is 1.49. The lowest BCUT2D eigenvalue weighted by atomic mass is 9.97. The number of anilines is 1. The van der Waals surface area contributed by atoms with Crippen molar-refractivity contribution in [3.05, 3.63) is 101 Å². The zero-order valence-corrected chi connectivity index (χ0v) is 23.1. The molecule has 0 atom stereocenters. The van der Waals surface area contributed by atoms with Gasteiger partial charge in [0.1, 0.15) is 4.90 Å². The van der Waals surface area contributed by atoms with Gasteiger partial charge in [-0.3, -0.25) is 4.79 Å². The van der Waals surface area contributed by atoms with Crippen LogP contribution in [0.2, 0.25) is 0 Å². The quantitative estimate of drug-likeness (QED) is 0.332. The number of nitrogens with one attached hydrogen (secondary N) is 1. The van der Waals surface area contributed by atoms with E-state index in [1.807, 2.05) is 13.0 Å². The van der Waals surface area contributed by atoms with Crippen molar-refractivity contribution in [2.45, 2.75) is 45.6 Å². The molecule has 1 aromatic heterocycles. The standard InChI is InChI=1S/C31H33N3O3S/c1-21-13-14-28(32-24(4)35)30(19-21)38(36,37)33-17-15-25(16-18-33)31-23(3)34(29-12-8-7-11-27(29)31)20-26-10-6-5-9-22(26)2/h5-15,19H,16-18,20H2,1-4H3,(H,32,35). The number of benzene rings is 3. The van der Waals surface area contributed by atoms with E-state index < -0.39 is 10.0 Å². The zero-order chi connectivity index (χ0) is 27.0. The Morgan fingerprint density at radius 1 is 0.974 bits per heavy atom. The lowest BCUT2D eigenvalue weighted by molar-refractivity contribution is -0.114. The Morgan fingerprint density at radius 2 is 1.71 bits per heavy atom. The van der Waals surface area contributed by atoms with E-state index in [1.165, 1.54) is 50.1 Å². The van der Waals surface area contributed by atoms with Crippen molar-refractivity contribution in [1.29, 1.82) is 0 Å². The number of fused-ring (bicyclic) bond motifs is 1. The van der Waals surface area contributed by atoms with Crippen LogP contribution in [-0.4, -0.2) is 36.3 Å². The highest BCUT2D eigenvalue weighted by Gasteiger charge is 2.30. The highest BCUT2D eigenvalue weighted by atomic mass is 32.2. The molecule has 7 heteroatoms.